The largest absolute Gasteiger partial charge is 0.407 e. The first-order chi connectivity index (χ1) is 14.8. The van der Waals surface area contributed by atoms with Crippen LogP contribution in [0.5, 0.6) is 0 Å². The molecule has 3 heteroatoms. The maximum Gasteiger partial charge on any atom is 0.261 e. The van der Waals surface area contributed by atoms with Crippen molar-refractivity contribution in [3.05, 3.63) is 72.3 Å². The molecular weight excluding hydrogens is 396 g/mol. The smallest absolute Gasteiger partial charge is 0.261 e. The number of ether oxygens (including phenoxy) is 1. The highest BCUT2D eigenvalue weighted by atomic mass is 28.4. The summed E-state index contributed by atoms with van der Waals surface area (Å²) in [5.41, 5.74) is 1.48. The summed E-state index contributed by atoms with van der Waals surface area (Å²) < 4.78 is 12.4. The normalized spacial score (nSPS) is 18.1. The van der Waals surface area contributed by atoms with Gasteiger partial charge in [0.25, 0.3) is 8.32 Å². The molecule has 0 amide bonds. The van der Waals surface area contributed by atoms with Gasteiger partial charge in [-0.1, -0.05) is 100 Å². The summed E-state index contributed by atoms with van der Waals surface area (Å²) in [6, 6.07) is 21.9. The molecule has 1 saturated heterocycles. The van der Waals surface area contributed by atoms with E-state index in [-0.39, 0.29) is 5.04 Å². The lowest BCUT2D eigenvalue weighted by Crippen LogP contribution is -2.66. The Morgan fingerprint density at radius 2 is 1.61 bits per heavy atom. The van der Waals surface area contributed by atoms with Gasteiger partial charge in [0.2, 0.25) is 0 Å². The zero-order chi connectivity index (χ0) is 22.3. The lowest BCUT2D eigenvalue weighted by molar-refractivity contribution is 0.244. The highest BCUT2D eigenvalue weighted by Gasteiger charge is 2.50. The third-order valence-corrected chi connectivity index (χ3v) is 11.3. The fourth-order valence-electron chi connectivity index (χ4n) is 4.65. The molecule has 1 heterocycles. The summed E-state index contributed by atoms with van der Waals surface area (Å²) in [6.07, 6.45) is 7.66. The van der Waals surface area contributed by atoms with Gasteiger partial charge in [-0.2, -0.15) is 0 Å². The van der Waals surface area contributed by atoms with Crippen molar-refractivity contribution in [3.8, 4) is 0 Å². The van der Waals surface area contributed by atoms with E-state index in [2.05, 4.69) is 101 Å². The van der Waals surface area contributed by atoms with E-state index in [0.717, 1.165) is 26.1 Å². The minimum absolute atomic E-state index is 0.0329. The molecule has 2 aromatic carbocycles. The summed E-state index contributed by atoms with van der Waals surface area (Å²) >= 11 is 0. The lowest BCUT2D eigenvalue weighted by Gasteiger charge is -2.43. The molecule has 0 aliphatic carbocycles. The second-order valence-electron chi connectivity index (χ2n) is 10.2. The molecule has 1 aliphatic rings. The van der Waals surface area contributed by atoms with Gasteiger partial charge in [-0.05, 0) is 53.9 Å². The van der Waals surface area contributed by atoms with Crippen molar-refractivity contribution in [2.75, 3.05) is 13.2 Å². The van der Waals surface area contributed by atoms with E-state index in [1.807, 2.05) is 0 Å². The van der Waals surface area contributed by atoms with E-state index in [1.54, 1.807) is 0 Å². The zero-order valence-electron chi connectivity index (χ0n) is 20.1. The standard InChI is InChI=1S/C28H40O2Si/c1-23(14-12-13-15-25-22-29-25)20-24(2)21-30-31(28(3,4)5,26-16-8-6-9-17-26)27-18-10-7-11-19-27/h6-11,14,16-19,24-25H,12-13,15,20-22H2,1-5H3/b23-14+/t24-,25+/m1/s1. The van der Waals surface area contributed by atoms with Gasteiger partial charge in [0.1, 0.15) is 0 Å². The van der Waals surface area contributed by atoms with Gasteiger partial charge in [0.15, 0.2) is 0 Å². The summed E-state index contributed by atoms with van der Waals surface area (Å²) in [5.74, 6) is 0.490. The fraction of sp³-hybridized carbons (Fsp3) is 0.500. The second-order valence-corrected chi connectivity index (χ2v) is 14.5. The lowest BCUT2D eigenvalue weighted by atomic mass is 10.0. The molecule has 2 nitrogen and oxygen atoms in total. The predicted octanol–water partition coefficient (Wildman–Crippen LogP) is 6.10. The Morgan fingerprint density at radius 3 is 2.10 bits per heavy atom. The van der Waals surface area contributed by atoms with Gasteiger partial charge in [-0.25, -0.2) is 0 Å². The highest BCUT2D eigenvalue weighted by molar-refractivity contribution is 6.99. The van der Waals surface area contributed by atoms with Gasteiger partial charge >= 0.3 is 0 Å². The maximum absolute atomic E-state index is 7.09. The molecule has 0 bridgehead atoms. The molecule has 0 unspecified atom stereocenters. The van der Waals surface area contributed by atoms with Crippen LogP contribution >= 0.6 is 0 Å². The number of hydrogen-bond acceptors (Lipinski definition) is 2. The molecule has 2 aromatic rings. The molecule has 168 valence electrons. The van der Waals surface area contributed by atoms with Gasteiger partial charge in [-0.3, -0.25) is 0 Å². The minimum Gasteiger partial charge on any atom is -0.407 e. The summed E-state index contributed by atoms with van der Waals surface area (Å²) in [7, 11) is -2.43. The molecular formula is C28H40O2Si. The van der Waals surface area contributed by atoms with Crippen molar-refractivity contribution in [1.82, 2.24) is 0 Å². The van der Waals surface area contributed by atoms with Crippen LogP contribution < -0.4 is 10.4 Å². The molecule has 0 spiro atoms. The topological polar surface area (TPSA) is 21.8 Å². The van der Waals surface area contributed by atoms with Crippen molar-refractivity contribution >= 4 is 18.7 Å². The van der Waals surface area contributed by atoms with Crippen LogP contribution in [0.25, 0.3) is 0 Å². The number of epoxide rings is 1. The summed E-state index contributed by atoms with van der Waals surface area (Å²) in [6.45, 7) is 13.4. The number of allylic oxidation sites excluding steroid dienone is 2. The summed E-state index contributed by atoms with van der Waals surface area (Å²) in [5, 5.41) is 2.75. The number of benzene rings is 2. The van der Waals surface area contributed by atoms with E-state index in [1.165, 1.54) is 28.8 Å². The average molecular weight is 437 g/mol. The van der Waals surface area contributed by atoms with Crippen LogP contribution in [0.15, 0.2) is 72.3 Å². The number of rotatable bonds is 11. The average Bonchev–Trinajstić information content (AvgIpc) is 3.57. The highest BCUT2D eigenvalue weighted by Crippen LogP contribution is 2.37. The minimum atomic E-state index is -2.43. The monoisotopic (exact) mass is 436 g/mol. The predicted molar refractivity (Wildman–Crippen MR) is 135 cm³/mol. The van der Waals surface area contributed by atoms with Crippen LogP contribution in [-0.4, -0.2) is 27.6 Å². The summed E-state index contributed by atoms with van der Waals surface area (Å²) in [4.78, 5) is 0. The Labute approximate surface area is 190 Å². The van der Waals surface area contributed by atoms with Crippen molar-refractivity contribution in [1.29, 1.82) is 0 Å². The van der Waals surface area contributed by atoms with Crippen molar-refractivity contribution < 1.29 is 9.16 Å². The Morgan fingerprint density at radius 1 is 1.06 bits per heavy atom. The quantitative estimate of drug-likeness (QED) is 0.184. The van der Waals surface area contributed by atoms with Gasteiger partial charge < -0.3 is 9.16 Å². The molecule has 3 rings (SSSR count). The first-order valence-electron chi connectivity index (χ1n) is 11.8. The van der Waals surface area contributed by atoms with Crippen LogP contribution in [0.1, 0.15) is 60.3 Å². The van der Waals surface area contributed by atoms with Crippen LogP contribution in [0.3, 0.4) is 0 Å². The molecule has 31 heavy (non-hydrogen) atoms. The van der Waals surface area contributed by atoms with Gasteiger partial charge in [-0.15, -0.1) is 0 Å². The van der Waals surface area contributed by atoms with Gasteiger partial charge in [0, 0.05) is 6.61 Å². The van der Waals surface area contributed by atoms with Crippen molar-refractivity contribution in [2.24, 2.45) is 5.92 Å². The van der Waals surface area contributed by atoms with Crippen molar-refractivity contribution in [3.63, 3.8) is 0 Å². The van der Waals surface area contributed by atoms with Gasteiger partial charge in [0.05, 0.1) is 12.7 Å². The zero-order valence-corrected chi connectivity index (χ0v) is 21.1. The van der Waals surface area contributed by atoms with E-state index in [4.69, 9.17) is 9.16 Å². The molecule has 1 fully saturated rings. The third-order valence-electron chi connectivity index (χ3n) is 6.30. The van der Waals surface area contributed by atoms with Crippen LogP contribution in [0, 0.1) is 5.92 Å². The maximum atomic E-state index is 7.09. The van der Waals surface area contributed by atoms with E-state index >= 15 is 0 Å². The van der Waals surface area contributed by atoms with Crippen LogP contribution in [0.2, 0.25) is 5.04 Å². The number of unbranched alkanes of at least 4 members (excludes halogenated alkanes) is 1. The number of hydrogen-bond donors (Lipinski definition) is 0. The third kappa shape index (κ3) is 6.41. The first kappa shape index (κ1) is 24.0. The molecule has 2 atom stereocenters. The van der Waals surface area contributed by atoms with Crippen LogP contribution in [-0.2, 0) is 9.16 Å². The van der Waals surface area contributed by atoms with E-state index in [9.17, 15) is 0 Å². The second kappa shape index (κ2) is 10.8. The SMILES string of the molecule is C/C(=C\CCC[C@H]1CO1)C[C@@H](C)CO[Si](c1ccccc1)(c1ccccc1)C(C)(C)C. The molecule has 0 radical (unpaired) electrons. The molecule has 0 N–H and O–H groups in total. The van der Waals surface area contributed by atoms with Crippen molar-refractivity contribution in [2.45, 2.75) is 71.4 Å². The Balaban J connectivity index is 1.73. The van der Waals surface area contributed by atoms with E-state index in [0.29, 0.717) is 12.0 Å². The molecule has 0 saturated carbocycles. The Bertz CT molecular complexity index is 780. The fourth-order valence-corrected chi connectivity index (χ4v) is 9.34. The Hall–Kier alpha value is -1.68. The van der Waals surface area contributed by atoms with Crippen LogP contribution in [0.4, 0.5) is 0 Å². The first-order valence-corrected chi connectivity index (χ1v) is 13.8. The van der Waals surface area contributed by atoms with E-state index < -0.39 is 8.32 Å². The Kier molecular flexibility index (Phi) is 8.32. The molecule has 1 aliphatic heterocycles. The molecule has 0 aromatic heterocycles.